The van der Waals surface area contributed by atoms with Crippen molar-refractivity contribution in [1.82, 2.24) is 0 Å². The summed E-state index contributed by atoms with van der Waals surface area (Å²) in [6.07, 6.45) is -2.87. The summed E-state index contributed by atoms with van der Waals surface area (Å²) in [4.78, 5) is 0. The van der Waals surface area contributed by atoms with Gasteiger partial charge in [-0.1, -0.05) is 12.1 Å². The fraction of sp³-hybridized carbons (Fsp3) is 0.133. The Kier molecular flexibility index (Phi) is 4.47. The Hall–Kier alpha value is -2.50. The minimum absolute atomic E-state index is 0.573. The second-order valence-electron chi connectivity index (χ2n) is 4.22. The van der Waals surface area contributed by atoms with Gasteiger partial charge in [0, 0.05) is 0 Å². The molecular weight excluding hydrogens is 281 g/mol. The molecule has 110 valence electrons. The van der Waals surface area contributed by atoms with Gasteiger partial charge in [0.15, 0.2) is 0 Å². The van der Waals surface area contributed by atoms with Gasteiger partial charge >= 0.3 is 6.18 Å². The Morgan fingerprint density at radius 1 is 1.00 bits per heavy atom. The second kappa shape index (κ2) is 6.30. The molecule has 0 bridgehead atoms. The average Bonchev–Trinajstić information content (AvgIpc) is 2.47. The van der Waals surface area contributed by atoms with Crippen molar-refractivity contribution >= 4 is 11.9 Å². The molecule has 21 heavy (non-hydrogen) atoms. The van der Waals surface area contributed by atoms with E-state index in [1.807, 2.05) is 0 Å². The van der Waals surface area contributed by atoms with Crippen LogP contribution >= 0.6 is 0 Å². The third kappa shape index (κ3) is 4.24. The fourth-order valence-corrected chi connectivity index (χ4v) is 1.61. The number of benzene rings is 2. The number of rotatable bonds is 4. The summed E-state index contributed by atoms with van der Waals surface area (Å²) in [6.45, 7) is 0. The number of hydrogen-bond donors (Lipinski definition) is 1. The number of ether oxygens (including phenoxy) is 1. The van der Waals surface area contributed by atoms with Crippen LogP contribution in [-0.4, -0.2) is 13.3 Å². The first-order valence-electron chi connectivity index (χ1n) is 6.09. The van der Waals surface area contributed by atoms with E-state index in [-0.39, 0.29) is 0 Å². The molecule has 0 heterocycles. The van der Waals surface area contributed by atoms with Gasteiger partial charge in [0.25, 0.3) is 0 Å². The van der Waals surface area contributed by atoms with E-state index >= 15 is 0 Å². The molecule has 0 aliphatic heterocycles. The third-order valence-corrected chi connectivity index (χ3v) is 2.74. The Bertz CT molecular complexity index is 604. The second-order valence-corrected chi connectivity index (χ2v) is 4.22. The van der Waals surface area contributed by atoms with Crippen LogP contribution in [0.15, 0.2) is 53.6 Å². The maximum atomic E-state index is 12.4. The lowest BCUT2D eigenvalue weighted by molar-refractivity contribution is -0.137. The molecule has 2 aromatic carbocycles. The zero-order chi connectivity index (χ0) is 15.3. The summed E-state index contributed by atoms with van der Waals surface area (Å²) in [5.74, 6) is 0.729. The lowest BCUT2D eigenvalue weighted by Crippen LogP contribution is -2.04. The van der Waals surface area contributed by atoms with Crippen molar-refractivity contribution in [2.24, 2.45) is 5.10 Å². The number of halogens is 3. The summed E-state index contributed by atoms with van der Waals surface area (Å²) in [7, 11) is 1.57. The van der Waals surface area contributed by atoms with Gasteiger partial charge in [0.1, 0.15) is 5.75 Å². The molecule has 0 fully saturated rings. The quantitative estimate of drug-likeness (QED) is 0.678. The van der Waals surface area contributed by atoms with E-state index in [0.29, 0.717) is 5.56 Å². The van der Waals surface area contributed by atoms with Gasteiger partial charge in [0.2, 0.25) is 0 Å². The van der Waals surface area contributed by atoms with Crippen LogP contribution in [0.4, 0.5) is 18.9 Å². The number of methoxy groups -OCH3 is 1. The Morgan fingerprint density at radius 2 is 1.62 bits per heavy atom. The molecule has 0 aliphatic carbocycles. The third-order valence-electron chi connectivity index (χ3n) is 2.74. The van der Waals surface area contributed by atoms with E-state index in [2.05, 4.69) is 10.5 Å². The SMILES string of the molecule is COc1ccc(N/N=C/c2ccc(C(F)(F)F)cc2)cc1. The zero-order valence-electron chi connectivity index (χ0n) is 11.2. The van der Waals surface area contributed by atoms with Gasteiger partial charge in [-0.2, -0.15) is 18.3 Å². The highest BCUT2D eigenvalue weighted by molar-refractivity contribution is 5.80. The zero-order valence-corrected chi connectivity index (χ0v) is 11.2. The maximum Gasteiger partial charge on any atom is 0.416 e. The molecule has 2 aromatic rings. The number of alkyl halides is 3. The van der Waals surface area contributed by atoms with Crippen LogP contribution in [0, 0.1) is 0 Å². The van der Waals surface area contributed by atoms with Crippen molar-refractivity contribution in [3.63, 3.8) is 0 Å². The molecule has 1 N–H and O–H groups in total. The smallest absolute Gasteiger partial charge is 0.416 e. The first-order chi connectivity index (χ1) is 9.99. The van der Waals surface area contributed by atoms with Gasteiger partial charge in [-0.15, -0.1) is 0 Å². The molecule has 3 nitrogen and oxygen atoms in total. The largest absolute Gasteiger partial charge is 0.497 e. The van der Waals surface area contributed by atoms with Crippen molar-refractivity contribution in [3.05, 3.63) is 59.7 Å². The van der Waals surface area contributed by atoms with Crippen LogP contribution in [0.5, 0.6) is 5.75 Å². The molecule has 0 aromatic heterocycles. The molecule has 0 atom stereocenters. The van der Waals surface area contributed by atoms with Crippen LogP contribution in [0.3, 0.4) is 0 Å². The van der Waals surface area contributed by atoms with Crippen LogP contribution in [-0.2, 0) is 6.18 Å². The van der Waals surface area contributed by atoms with Gasteiger partial charge in [0.05, 0.1) is 24.6 Å². The summed E-state index contributed by atoms with van der Waals surface area (Å²) < 4.78 is 42.2. The highest BCUT2D eigenvalue weighted by Crippen LogP contribution is 2.28. The lowest BCUT2D eigenvalue weighted by Gasteiger charge is -2.06. The predicted molar refractivity (Wildman–Crippen MR) is 75.7 cm³/mol. The number of nitrogens with one attached hydrogen (secondary N) is 1. The van der Waals surface area contributed by atoms with Crippen LogP contribution in [0.1, 0.15) is 11.1 Å². The van der Waals surface area contributed by atoms with Crippen molar-refractivity contribution in [3.8, 4) is 5.75 Å². The summed E-state index contributed by atoms with van der Waals surface area (Å²) in [6, 6.07) is 11.9. The predicted octanol–water partition coefficient (Wildman–Crippen LogP) is 4.16. The van der Waals surface area contributed by atoms with E-state index < -0.39 is 11.7 Å². The fourth-order valence-electron chi connectivity index (χ4n) is 1.61. The monoisotopic (exact) mass is 294 g/mol. The molecule has 2 rings (SSSR count). The van der Waals surface area contributed by atoms with Gasteiger partial charge < -0.3 is 4.74 Å². The standard InChI is InChI=1S/C15H13F3N2O/c1-21-14-8-6-13(7-9-14)20-19-10-11-2-4-12(5-3-11)15(16,17)18/h2-10,20H,1H3/b19-10+. The van der Waals surface area contributed by atoms with Crippen LogP contribution in [0.2, 0.25) is 0 Å². The normalized spacial score (nSPS) is 11.6. The molecule has 0 saturated carbocycles. The number of nitrogens with zero attached hydrogens (tertiary/aromatic N) is 1. The van der Waals surface area contributed by atoms with E-state index in [0.717, 1.165) is 23.6 Å². The van der Waals surface area contributed by atoms with E-state index in [1.165, 1.54) is 18.3 Å². The minimum Gasteiger partial charge on any atom is -0.497 e. The Labute approximate surface area is 120 Å². The van der Waals surface area contributed by atoms with Crippen molar-refractivity contribution < 1.29 is 17.9 Å². The number of anilines is 1. The average molecular weight is 294 g/mol. The molecule has 6 heteroatoms. The molecule has 0 amide bonds. The first-order valence-corrected chi connectivity index (χ1v) is 6.09. The van der Waals surface area contributed by atoms with E-state index in [9.17, 15) is 13.2 Å². The molecule has 0 radical (unpaired) electrons. The topological polar surface area (TPSA) is 33.6 Å². The van der Waals surface area contributed by atoms with Crippen molar-refractivity contribution in [2.75, 3.05) is 12.5 Å². The van der Waals surface area contributed by atoms with Crippen molar-refractivity contribution in [2.45, 2.75) is 6.18 Å². The van der Waals surface area contributed by atoms with E-state index in [4.69, 9.17) is 4.74 Å². The molecular formula is C15H13F3N2O. The summed E-state index contributed by atoms with van der Waals surface area (Å²) in [5.41, 5.74) is 3.43. The maximum absolute atomic E-state index is 12.4. The van der Waals surface area contributed by atoms with Crippen LogP contribution < -0.4 is 10.2 Å². The highest BCUT2D eigenvalue weighted by Gasteiger charge is 2.29. The summed E-state index contributed by atoms with van der Waals surface area (Å²) >= 11 is 0. The van der Waals surface area contributed by atoms with Gasteiger partial charge in [-0.25, -0.2) is 0 Å². The number of hydrogen-bond acceptors (Lipinski definition) is 3. The first kappa shape index (κ1) is 14.9. The minimum atomic E-state index is -4.32. The number of hydrazone groups is 1. The van der Waals surface area contributed by atoms with Crippen LogP contribution in [0.25, 0.3) is 0 Å². The lowest BCUT2D eigenvalue weighted by atomic mass is 10.1. The van der Waals surface area contributed by atoms with E-state index in [1.54, 1.807) is 31.4 Å². The molecule has 0 saturated heterocycles. The molecule has 0 unspecified atom stereocenters. The Morgan fingerprint density at radius 3 is 2.14 bits per heavy atom. The molecule has 0 spiro atoms. The Balaban J connectivity index is 1.97. The summed E-state index contributed by atoms with van der Waals surface area (Å²) in [5, 5.41) is 3.96. The van der Waals surface area contributed by atoms with Gasteiger partial charge in [-0.3, -0.25) is 5.43 Å². The molecule has 0 aliphatic rings. The van der Waals surface area contributed by atoms with Gasteiger partial charge in [-0.05, 0) is 42.0 Å². The highest BCUT2D eigenvalue weighted by atomic mass is 19.4. The van der Waals surface area contributed by atoms with Crippen molar-refractivity contribution in [1.29, 1.82) is 0 Å².